The third-order valence-electron chi connectivity index (χ3n) is 1.03. The predicted octanol–water partition coefficient (Wildman–Crippen LogP) is 1.62. The first-order valence-electron chi connectivity index (χ1n) is 3.08. The molecule has 0 unspecified atom stereocenters. The third kappa shape index (κ3) is 3.91. The zero-order chi connectivity index (χ0) is 7.11. The SMILES string of the molecule is C/C=C(\C=N)COCC. The maximum atomic E-state index is 6.87. The van der Waals surface area contributed by atoms with E-state index in [4.69, 9.17) is 10.1 Å². The van der Waals surface area contributed by atoms with Gasteiger partial charge in [0, 0.05) is 12.8 Å². The summed E-state index contributed by atoms with van der Waals surface area (Å²) in [6, 6.07) is 0. The van der Waals surface area contributed by atoms with E-state index >= 15 is 0 Å². The first kappa shape index (κ1) is 8.37. The highest BCUT2D eigenvalue weighted by atomic mass is 16.5. The van der Waals surface area contributed by atoms with Crippen LogP contribution in [-0.4, -0.2) is 19.4 Å². The van der Waals surface area contributed by atoms with Gasteiger partial charge in [-0.2, -0.15) is 0 Å². The largest absolute Gasteiger partial charge is 0.377 e. The maximum absolute atomic E-state index is 6.87. The summed E-state index contributed by atoms with van der Waals surface area (Å²) >= 11 is 0. The third-order valence-corrected chi connectivity index (χ3v) is 1.03. The van der Waals surface area contributed by atoms with Gasteiger partial charge in [-0.05, 0) is 19.4 Å². The van der Waals surface area contributed by atoms with Crippen molar-refractivity contribution in [2.45, 2.75) is 13.8 Å². The number of rotatable bonds is 4. The Bertz CT molecular complexity index is 107. The molecule has 2 nitrogen and oxygen atoms in total. The van der Waals surface area contributed by atoms with Crippen LogP contribution in [0.1, 0.15) is 13.8 Å². The van der Waals surface area contributed by atoms with E-state index in [9.17, 15) is 0 Å². The lowest BCUT2D eigenvalue weighted by Crippen LogP contribution is -1.97. The molecule has 0 aliphatic carbocycles. The van der Waals surface area contributed by atoms with Crippen molar-refractivity contribution in [1.82, 2.24) is 0 Å². The average Bonchev–Trinajstić information content (AvgIpc) is 1.91. The predicted molar refractivity (Wildman–Crippen MR) is 39.0 cm³/mol. The van der Waals surface area contributed by atoms with Crippen molar-refractivity contribution in [1.29, 1.82) is 5.41 Å². The van der Waals surface area contributed by atoms with Gasteiger partial charge in [0.15, 0.2) is 0 Å². The monoisotopic (exact) mass is 127 g/mol. The molecule has 1 N–H and O–H groups in total. The summed E-state index contributed by atoms with van der Waals surface area (Å²) in [5, 5.41) is 6.87. The van der Waals surface area contributed by atoms with Crippen molar-refractivity contribution >= 4 is 6.21 Å². The van der Waals surface area contributed by atoms with Crippen LogP contribution in [0, 0.1) is 5.41 Å². The smallest absolute Gasteiger partial charge is 0.0728 e. The topological polar surface area (TPSA) is 33.1 Å². The van der Waals surface area contributed by atoms with Crippen LogP contribution < -0.4 is 0 Å². The van der Waals surface area contributed by atoms with Crippen LogP contribution in [0.3, 0.4) is 0 Å². The van der Waals surface area contributed by atoms with Crippen LogP contribution in [0.25, 0.3) is 0 Å². The molecule has 0 aromatic rings. The van der Waals surface area contributed by atoms with E-state index in [1.807, 2.05) is 19.9 Å². The lowest BCUT2D eigenvalue weighted by molar-refractivity contribution is 0.174. The fourth-order valence-corrected chi connectivity index (χ4v) is 0.428. The molecule has 0 atom stereocenters. The van der Waals surface area contributed by atoms with Gasteiger partial charge in [0.25, 0.3) is 0 Å². The van der Waals surface area contributed by atoms with E-state index in [0.717, 1.165) is 5.57 Å². The summed E-state index contributed by atoms with van der Waals surface area (Å²) in [6.45, 7) is 5.12. The van der Waals surface area contributed by atoms with E-state index in [0.29, 0.717) is 13.2 Å². The average molecular weight is 127 g/mol. The van der Waals surface area contributed by atoms with Gasteiger partial charge >= 0.3 is 0 Å². The fourth-order valence-electron chi connectivity index (χ4n) is 0.428. The van der Waals surface area contributed by atoms with Gasteiger partial charge in [-0.25, -0.2) is 0 Å². The molecule has 0 fully saturated rings. The lowest BCUT2D eigenvalue weighted by atomic mass is 10.3. The second-order valence-electron chi connectivity index (χ2n) is 1.65. The van der Waals surface area contributed by atoms with Crippen LogP contribution in [0.2, 0.25) is 0 Å². The van der Waals surface area contributed by atoms with Crippen LogP contribution in [0.15, 0.2) is 11.6 Å². The number of nitrogens with one attached hydrogen (secondary N) is 1. The quantitative estimate of drug-likeness (QED) is 0.572. The highest BCUT2D eigenvalue weighted by molar-refractivity contribution is 5.75. The summed E-state index contributed by atoms with van der Waals surface area (Å²) in [7, 11) is 0. The summed E-state index contributed by atoms with van der Waals surface area (Å²) in [5.74, 6) is 0. The van der Waals surface area contributed by atoms with Gasteiger partial charge in [0.2, 0.25) is 0 Å². The summed E-state index contributed by atoms with van der Waals surface area (Å²) in [6.07, 6.45) is 3.19. The van der Waals surface area contributed by atoms with Crippen molar-refractivity contribution in [3.8, 4) is 0 Å². The fraction of sp³-hybridized carbons (Fsp3) is 0.571. The molecule has 0 spiro atoms. The van der Waals surface area contributed by atoms with E-state index < -0.39 is 0 Å². The van der Waals surface area contributed by atoms with Gasteiger partial charge in [-0.3, -0.25) is 0 Å². The Balaban J connectivity index is 3.45. The van der Waals surface area contributed by atoms with E-state index in [1.165, 1.54) is 6.21 Å². The second-order valence-corrected chi connectivity index (χ2v) is 1.65. The minimum Gasteiger partial charge on any atom is -0.377 e. The number of allylic oxidation sites excluding steroid dienone is 1. The Morgan fingerprint density at radius 3 is 2.67 bits per heavy atom. The Morgan fingerprint density at radius 2 is 2.33 bits per heavy atom. The molecular weight excluding hydrogens is 114 g/mol. The van der Waals surface area contributed by atoms with E-state index in [-0.39, 0.29) is 0 Å². The van der Waals surface area contributed by atoms with Crippen molar-refractivity contribution < 1.29 is 4.74 Å². The van der Waals surface area contributed by atoms with E-state index in [1.54, 1.807) is 0 Å². The standard InChI is InChI=1S/C7H13NO/c1-3-7(5-8)6-9-4-2/h3,5,8H,4,6H2,1-2H3/b7-3+,8-5?. The number of hydrogen-bond acceptors (Lipinski definition) is 2. The van der Waals surface area contributed by atoms with Gasteiger partial charge in [-0.1, -0.05) is 6.08 Å². The summed E-state index contributed by atoms with van der Waals surface area (Å²) in [4.78, 5) is 0. The van der Waals surface area contributed by atoms with Crippen LogP contribution in [0.4, 0.5) is 0 Å². The number of ether oxygens (including phenoxy) is 1. The summed E-state index contributed by atoms with van der Waals surface area (Å²) in [5.41, 5.74) is 0.928. The lowest BCUT2D eigenvalue weighted by Gasteiger charge is -1.98. The zero-order valence-corrected chi connectivity index (χ0v) is 5.98. The normalized spacial score (nSPS) is 11.6. The minimum atomic E-state index is 0.566. The van der Waals surface area contributed by atoms with Crippen molar-refractivity contribution in [2.75, 3.05) is 13.2 Å². The van der Waals surface area contributed by atoms with Crippen LogP contribution in [0.5, 0.6) is 0 Å². The summed E-state index contributed by atoms with van der Waals surface area (Å²) < 4.78 is 5.06. The molecule has 52 valence electrons. The molecule has 0 amide bonds. The van der Waals surface area contributed by atoms with Crippen LogP contribution in [-0.2, 0) is 4.74 Å². The Labute approximate surface area is 56.0 Å². The minimum absolute atomic E-state index is 0.566. The molecule has 0 radical (unpaired) electrons. The van der Waals surface area contributed by atoms with Gasteiger partial charge in [-0.15, -0.1) is 0 Å². The molecule has 0 aromatic heterocycles. The van der Waals surface area contributed by atoms with Gasteiger partial charge < -0.3 is 10.1 Å². The van der Waals surface area contributed by atoms with Gasteiger partial charge in [0.1, 0.15) is 0 Å². The highest BCUT2D eigenvalue weighted by Gasteiger charge is 1.87. The molecule has 0 saturated heterocycles. The number of hydrogen-bond donors (Lipinski definition) is 1. The zero-order valence-electron chi connectivity index (χ0n) is 5.98. The highest BCUT2D eigenvalue weighted by Crippen LogP contribution is 1.89. The Hall–Kier alpha value is -0.630. The molecule has 0 aliphatic heterocycles. The van der Waals surface area contributed by atoms with Crippen LogP contribution >= 0.6 is 0 Å². The van der Waals surface area contributed by atoms with Crippen molar-refractivity contribution in [3.63, 3.8) is 0 Å². The van der Waals surface area contributed by atoms with Crippen molar-refractivity contribution in [3.05, 3.63) is 11.6 Å². The first-order valence-corrected chi connectivity index (χ1v) is 3.08. The molecular formula is C7H13NO. The molecule has 0 saturated carbocycles. The Morgan fingerprint density at radius 1 is 1.67 bits per heavy atom. The second kappa shape index (κ2) is 5.51. The molecule has 0 rings (SSSR count). The Kier molecular flexibility index (Phi) is 5.12. The molecule has 9 heavy (non-hydrogen) atoms. The van der Waals surface area contributed by atoms with Gasteiger partial charge in [0.05, 0.1) is 6.61 Å². The van der Waals surface area contributed by atoms with E-state index in [2.05, 4.69) is 0 Å². The molecule has 0 aromatic carbocycles. The maximum Gasteiger partial charge on any atom is 0.0728 e. The molecule has 2 heteroatoms. The molecule has 0 heterocycles. The molecule has 0 aliphatic rings. The van der Waals surface area contributed by atoms with Crippen molar-refractivity contribution in [2.24, 2.45) is 0 Å². The first-order chi connectivity index (χ1) is 4.35. The molecule has 0 bridgehead atoms.